The molecule has 0 aliphatic heterocycles. The van der Waals surface area contributed by atoms with Crippen molar-refractivity contribution < 1.29 is 18.8 Å². The van der Waals surface area contributed by atoms with Gasteiger partial charge in [-0.25, -0.2) is 9.78 Å². The SMILES string of the molecule is COc1cccc(-c2cc(COC(=O)c3cccnc3Cl)on2)c1. The molecular formula is C17H13ClN2O4. The van der Waals surface area contributed by atoms with Gasteiger partial charge in [0.05, 0.1) is 12.7 Å². The standard InChI is InChI=1S/C17H13ClN2O4/c1-22-12-5-2-4-11(8-12)15-9-13(24-20-15)10-23-17(21)14-6-3-7-19-16(14)18/h2-9H,10H2,1H3. The second kappa shape index (κ2) is 7.14. The zero-order valence-corrected chi connectivity index (χ0v) is 13.5. The topological polar surface area (TPSA) is 74.5 Å². The van der Waals surface area contributed by atoms with Gasteiger partial charge in [-0.2, -0.15) is 0 Å². The molecule has 0 aliphatic rings. The Balaban J connectivity index is 1.68. The predicted octanol–water partition coefficient (Wildman–Crippen LogP) is 3.76. The summed E-state index contributed by atoms with van der Waals surface area (Å²) < 4.78 is 15.5. The van der Waals surface area contributed by atoms with Gasteiger partial charge in [-0.05, 0) is 24.3 Å². The highest BCUT2D eigenvalue weighted by Gasteiger charge is 2.14. The van der Waals surface area contributed by atoms with Gasteiger partial charge in [0.15, 0.2) is 12.4 Å². The van der Waals surface area contributed by atoms with E-state index in [0.29, 0.717) is 11.5 Å². The largest absolute Gasteiger partial charge is 0.497 e. The summed E-state index contributed by atoms with van der Waals surface area (Å²) in [4.78, 5) is 15.8. The number of pyridine rings is 1. The maximum Gasteiger partial charge on any atom is 0.341 e. The molecule has 7 heteroatoms. The van der Waals surface area contributed by atoms with E-state index >= 15 is 0 Å². The molecule has 0 unspecified atom stereocenters. The van der Waals surface area contributed by atoms with Gasteiger partial charge < -0.3 is 14.0 Å². The van der Waals surface area contributed by atoms with E-state index in [0.717, 1.165) is 11.3 Å². The first-order valence-electron chi connectivity index (χ1n) is 7.05. The van der Waals surface area contributed by atoms with E-state index in [1.807, 2.05) is 24.3 Å². The van der Waals surface area contributed by atoms with E-state index in [2.05, 4.69) is 10.1 Å². The molecule has 122 valence electrons. The van der Waals surface area contributed by atoms with Crippen LogP contribution in [0.2, 0.25) is 5.15 Å². The van der Waals surface area contributed by atoms with Crippen molar-refractivity contribution in [1.29, 1.82) is 0 Å². The number of benzene rings is 1. The highest BCUT2D eigenvalue weighted by atomic mass is 35.5. The molecule has 3 aromatic rings. The van der Waals surface area contributed by atoms with Gasteiger partial charge in [0, 0.05) is 17.8 Å². The summed E-state index contributed by atoms with van der Waals surface area (Å²) in [6.07, 6.45) is 1.50. The van der Waals surface area contributed by atoms with Crippen molar-refractivity contribution in [2.24, 2.45) is 0 Å². The first-order valence-corrected chi connectivity index (χ1v) is 7.43. The van der Waals surface area contributed by atoms with Crippen molar-refractivity contribution in [3.63, 3.8) is 0 Å². The van der Waals surface area contributed by atoms with Crippen LogP contribution in [0.5, 0.6) is 5.75 Å². The summed E-state index contributed by atoms with van der Waals surface area (Å²) >= 11 is 5.85. The predicted molar refractivity (Wildman–Crippen MR) is 86.9 cm³/mol. The maximum absolute atomic E-state index is 12.0. The number of methoxy groups -OCH3 is 1. The Hall–Kier alpha value is -2.86. The molecule has 0 saturated heterocycles. The number of carbonyl (C=O) groups excluding carboxylic acids is 1. The molecule has 24 heavy (non-hydrogen) atoms. The molecule has 0 bridgehead atoms. The average Bonchev–Trinajstić information content (AvgIpc) is 3.09. The summed E-state index contributed by atoms with van der Waals surface area (Å²) in [5.74, 6) is 0.559. The number of esters is 1. The Morgan fingerprint density at radius 3 is 2.92 bits per heavy atom. The zero-order chi connectivity index (χ0) is 16.9. The van der Waals surface area contributed by atoms with E-state index in [1.54, 1.807) is 25.3 Å². The number of halogens is 1. The quantitative estimate of drug-likeness (QED) is 0.518. The summed E-state index contributed by atoms with van der Waals surface area (Å²) in [5.41, 5.74) is 1.66. The van der Waals surface area contributed by atoms with Crippen LogP contribution in [0.3, 0.4) is 0 Å². The molecule has 2 heterocycles. The fraction of sp³-hybridized carbons (Fsp3) is 0.118. The van der Waals surface area contributed by atoms with Crippen LogP contribution in [0.15, 0.2) is 53.2 Å². The van der Waals surface area contributed by atoms with Crippen LogP contribution in [-0.2, 0) is 11.3 Å². The lowest BCUT2D eigenvalue weighted by Crippen LogP contribution is -2.06. The minimum atomic E-state index is -0.576. The fourth-order valence-corrected chi connectivity index (χ4v) is 2.25. The second-order valence-electron chi connectivity index (χ2n) is 4.83. The normalized spacial score (nSPS) is 10.4. The fourth-order valence-electron chi connectivity index (χ4n) is 2.05. The molecule has 0 atom stereocenters. The van der Waals surface area contributed by atoms with Crippen LogP contribution in [0, 0.1) is 0 Å². The zero-order valence-electron chi connectivity index (χ0n) is 12.7. The smallest absolute Gasteiger partial charge is 0.341 e. The molecule has 1 aromatic carbocycles. The lowest BCUT2D eigenvalue weighted by molar-refractivity contribution is 0.0437. The Morgan fingerprint density at radius 1 is 1.25 bits per heavy atom. The molecule has 0 amide bonds. The first kappa shape index (κ1) is 16.0. The van der Waals surface area contributed by atoms with Crippen molar-refractivity contribution in [3.8, 4) is 17.0 Å². The minimum Gasteiger partial charge on any atom is -0.497 e. The summed E-state index contributed by atoms with van der Waals surface area (Å²) in [6.45, 7) is -0.0545. The van der Waals surface area contributed by atoms with Gasteiger partial charge in [0.2, 0.25) is 0 Å². The number of nitrogens with zero attached hydrogens (tertiary/aromatic N) is 2. The van der Waals surface area contributed by atoms with E-state index in [9.17, 15) is 4.79 Å². The third-order valence-electron chi connectivity index (χ3n) is 3.25. The summed E-state index contributed by atoms with van der Waals surface area (Å²) in [5, 5.41) is 4.06. The van der Waals surface area contributed by atoms with Crippen molar-refractivity contribution in [1.82, 2.24) is 10.1 Å². The Morgan fingerprint density at radius 2 is 2.12 bits per heavy atom. The lowest BCUT2D eigenvalue weighted by atomic mass is 10.1. The third kappa shape index (κ3) is 3.55. The number of hydrogen-bond acceptors (Lipinski definition) is 6. The van der Waals surface area contributed by atoms with Crippen molar-refractivity contribution in [2.75, 3.05) is 7.11 Å². The molecule has 0 radical (unpaired) electrons. The molecule has 0 spiro atoms. The molecule has 0 N–H and O–H groups in total. The molecule has 0 aliphatic carbocycles. The minimum absolute atomic E-state index is 0.0545. The lowest BCUT2D eigenvalue weighted by Gasteiger charge is -2.03. The van der Waals surface area contributed by atoms with Gasteiger partial charge in [-0.15, -0.1) is 0 Å². The van der Waals surface area contributed by atoms with Crippen molar-refractivity contribution in [2.45, 2.75) is 6.61 Å². The van der Waals surface area contributed by atoms with Crippen molar-refractivity contribution >= 4 is 17.6 Å². The van der Waals surface area contributed by atoms with Gasteiger partial charge in [-0.1, -0.05) is 28.9 Å². The molecule has 0 fully saturated rings. The molecule has 3 rings (SSSR count). The van der Waals surface area contributed by atoms with Crippen LogP contribution >= 0.6 is 11.6 Å². The number of hydrogen-bond donors (Lipinski definition) is 0. The van der Waals surface area contributed by atoms with Gasteiger partial charge in [-0.3, -0.25) is 0 Å². The van der Waals surface area contributed by atoms with Crippen LogP contribution in [0.4, 0.5) is 0 Å². The van der Waals surface area contributed by atoms with Crippen LogP contribution < -0.4 is 4.74 Å². The average molecular weight is 345 g/mol. The number of ether oxygens (including phenoxy) is 2. The van der Waals surface area contributed by atoms with E-state index in [1.165, 1.54) is 6.20 Å². The first-order chi connectivity index (χ1) is 11.7. The van der Waals surface area contributed by atoms with Gasteiger partial charge in [0.1, 0.15) is 16.6 Å². The van der Waals surface area contributed by atoms with E-state index in [-0.39, 0.29) is 17.3 Å². The number of rotatable bonds is 5. The second-order valence-corrected chi connectivity index (χ2v) is 5.19. The van der Waals surface area contributed by atoms with Gasteiger partial charge >= 0.3 is 5.97 Å². The molecule has 6 nitrogen and oxygen atoms in total. The Kier molecular flexibility index (Phi) is 4.77. The number of aromatic nitrogens is 2. The Labute approximate surface area is 143 Å². The highest BCUT2D eigenvalue weighted by Crippen LogP contribution is 2.24. The molecule has 2 aromatic heterocycles. The monoisotopic (exact) mass is 344 g/mol. The third-order valence-corrected chi connectivity index (χ3v) is 3.55. The van der Waals surface area contributed by atoms with Gasteiger partial charge in [0.25, 0.3) is 0 Å². The molecule has 0 saturated carbocycles. The van der Waals surface area contributed by atoms with E-state index < -0.39 is 5.97 Å². The summed E-state index contributed by atoms with van der Waals surface area (Å²) in [6, 6.07) is 12.3. The maximum atomic E-state index is 12.0. The van der Waals surface area contributed by atoms with Crippen molar-refractivity contribution in [3.05, 3.63) is 65.1 Å². The van der Waals surface area contributed by atoms with Crippen LogP contribution in [0.1, 0.15) is 16.1 Å². The number of carbonyl (C=O) groups is 1. The van der Waals surface area contributed by atoms with Crippen LogP contribution in [0.25, 0.3) is 11.3 Å². The van der Waals surface area contributed by atoms with E-state index in [4.69, 9.17) is 25.6 Å². The Bertz CT molecular complexity index is 863. The summed E-state index contributed by atoms with van der Waals surface area (Å²) in [7, 11) is 1.59. The molecular weight excluding hydrogens is 332 g/mol. The van der Waals surface area contributed by atoms with Crippen LogP contribution in [-0.4, -0.2) is 23.2 Å². The highest BCUT2D eigenvalue weighted by molar-refractivity contribution is 6.32.